The summed E-state index contributed by atoms with van der Waals surface area (Å²) in [6, 6.07) is 6.85. The van der Waals surface area contributed by atoms with Gasteiger partial charge in [0.05, 0.1) is 0 Å². The third-order valence-electron chi connectivity index (χ3n) is 3.91. The first kappa shape index (κ1) is 14.4. The zero-order chi connectivity index (χ0) is 13.7. The molecule has 0 spiro atoms. The predicted molar refractivity (Wildman–Crippen MR) is 74.4 cm³/mol. The van der Waals surface area contributed by atoms with Crippen molar-refractivity contribution in [2.24, 2.45) is 11.7 Å². The maximum Gasteiger partial charge on any atom is 0.128 e. The molecule has 0 aromatic heterocycles. The molecule has 1 aromatic carbocycles. The van der Waals surface area contributed by atoms with E-state index in [0.717, 1.165) is 32.6 Å². The van der Waals surface area contributed by atoms with Crippen molar-refractivity contribution in [2.75, 3.05) is 33.4 Å². The summed E-state index contributed by atoms with van der Waals surface area (Å²) in [6.45, 7) is 3.05. The van der Waals surface area contributed by atoms with Crippen LogP contribution in [-0.4, -0.2) is 38.3 Å². The molecule has 19 heavy (non-hydrogen) atoms. The summed E-state index contributed by atoms with van der Waals surface area (Å²) in [4.78, 5) is 2.17. The molecule has 1 unspecified atom stereocenters. The van der Waals surface area contributed by atoms with Gasteiger partial charge in [-0.15, -0.1) is 0 Å². The molecular weight excluding hydrogens is 243 g/mol. The maximum absolute atomic E-state index is 13.9. The van der Waals surface area contributed by atoms with Crippen molar-refractivity contribution in [1.82, 2.24) is 4.90 Å². The van der Waals surface area contributed by atoms with Gasteiger partial charge in [-0.1, -0.05) is 18.2 Å². The van der Waals surface area contributed by atoms with Gasteiger partial charge in [0.25, 0.3) is 0 Å². The van der Waals surface area contributed by atoms with Crippen LogP contribution < -0.4 is 5.73 Å². The van der Waals surface area contributed by atoms with E-state index in [-0.39, 0.29) is 11.9 Å². The molecule has 1 heterocycles. The lowest BCUT2D eigenvalue weighted by atomic mass is 9.97. The lowest BCUT2D eigenvalue weighted by Gasteiger charge is -2.32. The van der Waals surface area contributed by atoms with Crippen LogP contribution in [-0.2, 0) is 4.74 Å². The lowest BCUT2D eigenvalue weighted by molar-refractivity contribution is 0.0505. The Labute approximate surface area is 114 Å². The molecule has 1 atom stereocenters. The van der Waals surface area contributed by atoms with E-state index in [1.54, 1.807) is 6.07 Å². The van der Waals surface area contributed by atoms with Crippen molar-refractivity contribution in [3.05, 3.63) is 35.6 Å². The Hall–Kier alpha value is -0.970. The first-order chi connectivity index (χ1) is 9.22. The first-order valence-electron chi connectivity index (χ1n) is 6.95. The van der Waals surface area contributed by atoms with Crippen molar-refractivity contribution in [1.29, 1.82) is 0 Å². The topological polar surface area (TPSA) is 38.5 Å². The second kappa shape index (κ2) is 6.98. The summed E-state index contributed by atoms with van der Waals surface area (Å²) in [6.07, 6.45) is 2.16. The second-order valence-corrected chi connectivity index (χ2v) is 5.27. The molecule has 3 nitrogen and oxygen atoms in total. The fourth-order valence-electron chi connectivity index (χ4n) is 2.75. The van der Waals surface area contributed by atoms with Crippen LogP contribution in [0.2, 0.25) is 0 Å². The van der Waals surface area contributed by atoms with Gasteiger partial charge in [-0.2, -0.15) is 0 Å². The summed E-state index contributed by atoms with van der Waals surface area (Å²) in [7, 11) is 2.03. The standard InChI is InChI=1S/C15H23FN2O/c1-18(11-12-6-8-19-9-7-12)15(10-17)13-4-2-3-5-14(13)16/h2-5,12,15H,6-11,17H2,1H3. The second-order valence-electron chi connectivity index (χ2n) is 5.27. The Bertz CT molecular complexity index is 393. The number of nitrogens with zero attached hydrogens (tertiary/aromatic N) is 1. The highest BCUT2D eigenvalue weighted by Crippen LogP contribution is 2.24. The SMILES string of the molecule is CN(CC1CCOCC1)C(CN)c1ccccc1F. The van der Waals surface area contributed by atoms with Crippen LogP contribution in [0.3, 0.4) is 0 Å². The third kappa shape index (κ3) is 3.75. The van der Waals surface area contributed by atoms with Crippen molar-refractivity contribution in [2.45, 2.75) is 18.9 Å². The van der Waals surface area contributed by atoms with Crippen molar-refractivity contribution in [3.8, 4) is 0 Å². The van der Waals surface area contributed by atoms with E-state index in [9.17, 15) is 4.39 Å². The molecule has 4 heteroatoms. The van der Waals surface area contributed by atoms with Crippen LogP contribution in [0.15, 0.2) is 24.3 Å². The number of likely N-dealkylation sites (N-methyl/N-ethyl adjacent to an activating group) is 1. The van der Waals surface area contributed by atoms with Gasteiger partial charge >= 0.3 is 0 Å². The molecular formula is C15H23FN2O. The molecule has 2 N–H and O–H groups in total. The minimum atomic E-state index is -0.170. The smallest absolute Gasteiger partial charge is 0.128 e. The summed E-state index contributed by atoms with van der Waals surface area (Å²) in [5.41, 5.74) is 6.54. The predicted octanol–water partition coefficient (Wildman–Crippen LogP) is 2.18. The average Bonchev–Trinajstić information content (AvgIpc) is 2.43. The Morgan fingerprint density at radius 2 is 2.05 bits per heavy atom. The Morgan fingerprint density at radius 3 is 2.68 bits per heavy atom. The van der Waals surface area contributed by atoms with E-state index in [1.165, 1.54) is 6.07 Å². The van der Waals surface area contributed by atoms with E-state index in [1.807, 2.05) is 19.2 Å². The number of benzene rings is 1. The minimum absolute atomic E-state index is 0.0518. The Balaban J connectivity index is 2.02. The zero-order valence-corrected chi connectivity index (χ0v) is 11.5. The molecule has 1 fully saturated rings. The highest BCUT2D eigenvalue weighted by Gasteiger charge is 2.22. The van der Waals surface area contributed by atoms with Gasteiger partial charge in [0.15, 0.2) is 0 Å². The monoisotopic (exact) mass is 266 g/mol. The fraction of sp³-hybridized carbons (Fsp3) is 0.600. The molecule has 0 amide bonds. The highest BCUT2D eigenvalue weighted by molar-refractivity contribution is 5.21. The van der Waals surface area contributed by atoms with Crippen molar-refractivity contribution in [3.63, 3.8) is 0 Å². The average molecular weight is 266 g/mol. The Morgan fingerprint density at radius 1 is 1.37 bits per heavy atom. The molecule has 1 aromatic rings. The van der Waals surface area contributed by atoms with Gasteiger partial charge in [0.1, 0.15) is 5.82 Å². The molecule has 0 radical (unpaired) electrons. The van der Waals surface area contributed by atoms with Gasteiger partial charge in [-0.05, 0) is 31.9 Å². The molecule has 1 aliphatic rings. The van der Waals surface area contributed by atoms with Gasteiger partial charge in [0, 0.05) is 37.9 Å². The number of rotatable bonds is 5. The summed E-state index contributed by atoms with van der Waals surface area (Å²) >= 11 is 0. The van der Waals surface area contributed by atoms with E-state index in [4.69, 9.17) is 10.5 Å². The van der Waals surface area contributed by atoms with Crippen LogP contribution in [0.4, 0.5) is 4.39 Å². The van der Waals surface area contributed by atoms with Crippen LogP contribution in [0, 0.1) is 11.7 Å². The molecule has 106 valence electrons. The molecule has 1 aliphatic heterocycles. The van der Waals surface area contributed by atoms with Crippen LogP contribution in [0.5, 0.6) is 0 Å². The van der Waals surface area contributed by atoms with E-state index in [2.05, 4.69) is 4.90 Å². The fourth-order valence-corrected chi connectivity index (χ4v) is 2.75. The molecule has 0 bridgehead atoms. The summed E-state index contributed by atoms with van der Waals surface area (Å²) < 4.78 is 19.2. The largest absolute Gasteiger partial charge is 0.381 e. The molecule has 0 saturated carbocycles. The van der Waals surface area contributed by atoms with Crippen LogP contribution in [0.25, 0.3) is 0 Å². The lowest BCUT2D eigenvalue weighted by Crippen LogP contribution is -2.36. The number of hydrogen-bond donors (Lipinski definition) is 1. The maximum atomic E-state index is 13.9. The molecule has 1 saturated heterocycles. The molecule has 0 aliphatic carbocycles. The number of nitrogens with two attached hydrogens (primary N) is 1. The van der Waals surface area contributed by atoms with Crippen molar-refractivity contribution >= 4 is 0 Å². The van der Waals surface area contributed by atoms with Gasteiger partial charge in [-0.3, -0.25) is 4.90 Å². The van der Waals surface area contributed by atoms with Crippen LogP contribution >= 0.6 is 0 Å². The third-order valence-corrected chi connectivity index (χ3v) is 3.91. The number of hydrogen-bond acceptors (Lipinski definition) is 3. The van der Waals surface area contributed by atoms with Crippen LogP contribution in [0.1, 0.15) is 24.4 Å². The van der Waals surface area contributed by atoms with Gasteiger partial charge in [0.2, 0.25) is 0 Å². The van der Waals surface area contributed by atoms with Gasteiger partial charge in [-0.25, -0.2) is 4.39 Å². The van der Waals surface area contributed by atoms with E-state index in [0.29, 0.717) is 18.0 Å². The molecule has 2 rings (SSSR count). The summed E-state index contributed by atoms with van der Waals surface area (Å²) in [5, 5.41) is 0. The quantitative estimate of drug-likeness (QED) is 0.888. The summed E-state index contributed by atoms with van der Waals surface area (Å²) in [5.74, 6) is 0.455. The minimum Gasteiger partial charge on any atom is -0.381 e. The zero-order valence-electron chi connectivity index (χ0n) is 11.5. The normalized spacial score (nSPS) is 18.7. The highest BCUT2D eigenvalue weighted by atomic mass is 19.1. The Kier molecular flexibility index (Phi) is 5.31. The van der Waals surface area contributed by atoms with E-state index >= 15 is 0 Å². The van der Waals surface area contributed by atoms with Crippen molar-refractivity contribution < 1.29 is 9.13 Å². The van der Waals surface area contributed by atoms with Gasteiger partial charge < -0.3 is 10.5 Å². The number of ether oxygens (including phenoxy) is 1. The van der Waals surface area contributed by atoms with E-state index < -0.39 is 0 Å². The number of halogens is 1. The first-order valence-corrected chi connectivity index (χ1v) is 6.95.